The quantitative estimate of drug-likeness (QED) is 0.337. The zero-order valence-electron chi connectivity index (χ0n) is 17.1. The first-order valence-corrected chi connectivity index (χ1v) is 9.90. The van der Waals surface area contributed by atoms with Crippen LogP contribution in [0.25, 0.3) is 0 Å². The Kier molecular flexibility index (Phi) is 8.61. The highest BCUT2D eigenvalue weighted by molar-refractivity contribution is 6.32. The van der Waals surface area contributed by atoms with Gasteiger partial charge in [0.15, 0.2) is 11.5 Å². The number of carbonyl (C=O) groups is 1. The molecule has 1 atom stereocenters. The van der Waals surface area contributed by atoms with Gasteiger partial charge in [-0.05, 0) is 38.0 Å². The van der Waals surface area contributed by atoms with Crippen LogP contribution in [0.3, 0.4) is 0 Å². The number of hydrogen-bond acceptors (Lipinski definition) is 6. The standard InChI is InChI=1S/C21H24ClN3O5/c1-4-14(3)30-21-17(22)10-15(11-19(21)29-5-2)13-23-24-20(26)12-16-8-6-7-9-18(16)25(27)28/h6-11,13-14H,4-5,12H2,1-3H3,(H,24,26)/b23-13+/t14-/m1/s1. The van der Waals surface area contributed by atoms with Crippen LogP contribution in [-0.4, -0.2) is 29.8 Å². The molecule has 0 aliphatic carbocycles. The second-order valence-corrected chi connectivity index (χ2v) is 6.86. The van der Waals surface area contributed by atoms with E-state index in [1.807, 2.05) is 20.8 Å². The lowest BCUT2D eigenvalue weighted by Gasteiger charge is -2.18. The van der Waals surface area contributed by atoms with E-state index in [1.54, 1.807) is 24.3 Å². The average molecular weight is 434 g/mol. The minimum atomic E-state index is -0.522. The number of ether oxygens (including phenoxy) is 2. The Morgan fingerprint density at radius 1 is 1.33 bits per heavy atom. The summed E-state index contributed by atoms with van der Waals surface area (Å²) in [5, 5.41) is 15.3. The molecule has 2 rings (SSSR count). The van der Waals surface area contributed by atoms with E-state index in [9.17, 15) is 14.9 Å². The summed E-state index contributed by atoms with van der Waals surface area (Å²) in [7, 11) is 0. The molecule has 0 aromatic heterocycles. The lowest BCUT2D eigenvalue weighted by Crippen LogP contribution is -2.20. The third-order valence-corrected chi connectivity index (χ3v) is 4.45. The van der Waals surface area contributed by atoms with Crippen LogP contribution in [0.2, 0.25) is 5.02 Å². The maximum absolute atomic E-state index is 12.1. The van der Waals surface area contributed by atoms with Gasteiger partial charge in [-0.25, -0.2) is 5.43 Å². The number of amides is 1. The highest BCUT2D eigenvalue weighted by atomic mass is 35.5. The number of halogens is 1. The summed E-state index contributed by atoms with van der Waals surface area (Å²) < 4.78 is 11.5. The van der Waals surface area contributed by atoms with Crippen molar-refractivity contribution in [3.8, 4) is 11.5 Å². The number of nitrogens with one attached hydrogen (secondary N) is 1. The van der Waals surface area contributed by atoms with Crippen LogP contribution in [0, 0.1) is 10.1 Å². The number of nitrogens with zero attached hydrogens (tertiary/aromatic N) is 2. The molecule has 0 aliphatic heterocycles. The number of hydrazone groups is 1. The fraction of sp³-hybridized carbons (Fsp3) is 0.333. The van der Waals surface area contributed by atoms with E-state index in [4.69, 9.17) is 21.1 Å². The molecule has 0 unspecified atom stereocenters. The number of rotatable bonds is 10. The summed E-state index contributed by atoms with van der Waals surface area (Å²) in [4.78, 5) is 22.6. The van der Waals surface area contributed by atoms with Crippen molar-refractivity contribution in [2.24, 2.45) is 5.10 Å². The molecular formula is C21H24ClN3O5. The maximum atomic E-state index is 12.1. The van der Waals surface area contributed by atoms with Crippen LogP contribution >= 0.6 is 11.6 Å². The van der Waals surface area contributed by atoms with Gasteiger partial charge < -0.3 is 9.47 Å². The fourth-order valence-corrected chi connectivity index (χ4v) is 2.82. The molecule has 0 saturated carbocycles. The van der Waals surface area contributed by atoms with Crippen molar-refractivity contribution in [3.05, 3.63) is 62.7 Å². The van der Waals surface area contributed by atoms with Crippen molar-refractivity contribution >= 4 is 29.4 Å². The van der Waals surface area contributed by atoms with Crippen molar-refractivity contribution in [2.45, 2.75) is 39.7 Å². The smallest absolute Gasteiger partial charge is 0.273 e. The summed E-state index contributed by atoms with van der Waals surface area (Å²) in [6.45, 7) is 6.23. The van der Waals surface area contributed by atoms with Crippen molar-refractivity contribution in [1.29, 1.82) is 0 Å². The van der Waals surface area contributed by atoms with Crippen LogP contribution < -0.4 is 14.9 Å². The lowest BCUT2D eigenvalue weighted by atomic mass is 10.1. The zero-order chi connectivity index (χ0) is 22.1. The summed E-state index contributed by atoms with van der Waals surface area (Å²) in [5.41, 5.74) is 3.17. The Labute approximate surface area is 180 Å². The van der Waals surface area contributed by atoms with E-state index in [-0.39, 0.29) is 18.2 Å². The Bertz CT molecular complexity index is 933. The van der Waals surface area contributed by atoms with E-state index >= 15 is 0 Å². The predicted molar refractivity (Wildman–Crippen MR) is 116 cm³/mol. The van der Waals surface area contributed by atoms with Gasteiger partial charge in [0.05, 0.1) is 35.3 Å². The minimum absolute atomic E-state index is 0.0254. The number of hydrogen-bond donors (Lipinski definition) is 1. The van der Waals surface area contributed by atoms with Crippen molar-refractivity contribution < 1.29 is 19.2 Å². The number of carbonyl (C=O) groups excluding carboxylic acids is 1. The first kappa shape index (κ1) is 23.2. The van der Waals surface area contributed by atoms with Gasteiger partial charge in [-0.15, -0.1) is 0 Å². The summed E-state index contributed by atoms with van der Waals surface area (Å²) >= 11 is 6.35. The average Bonchev–Trinajstić information content (AvgIpc) is 2.70. The third kappa shape index (κ3) is 6.45. The second-order valence-electron chi connectivity index (χ2n) is 6.46. The molecule has 2 aromatic rings. The monoisotopic (exact) mass is 433 g/mol. The molecule has 0 aliphatic rings. The molecule has 0 saturated heterocycles. The van der Waals surface area contributed by atoms with Crippen LogP contribution in [0.15, 0.2) is 41.5 Å². The van der Waals surface area contributed by atoms with Crippen LogP contribution in [0.1, 0.15) is 38.3 Å². The molecule has 0 fully saturated rings. The molecule has 1 amide bonds. The Hall–Kier alpha value is -3.13. The molecule has 0 heterocycles. The summed E-state index contributed by atoms with van der Waals surface area (Å²) in [6, 6.07) is 9.44. The van der Waals surface area contributed by atoms with Crippen molar-refractivity contribution in [1.82, 2.24) is 5.43 Å². The van der Waals surface area contributed by atoms with E-state index in [2.05, 4.69) is 10.5 Å². The Morgan fingerprint density at radius 3 is 2.73 bits per heavy atom. The molecule has 0 bridgehead atoms. The molecule has 8 nitrogen and oxygen atoms in total. The molecule has 160 valence electrons. The van der Waals surface area contributed by atoms with Crippen LogP contribution in [0.4, 0.5) is 5.69 Å². The Balaban J connectivity index is 2.10. The van der Waals surface area contributed by atoms with Gasteiger partial charge in [0.25, 0.3) is 5.69 Å². The van der Waals surface area contributed by atoms with Crippen molar-refractivity contribution in [2.75, 3.05) is 6.61 Å². The van der Waals surface area contributed by atoms with Crippen LogP contribution in [-0.2, 0) is 11.2 Å². The first-order chi connectivity index (χ1) is 14.3. The van der Waals surface area contributed by atoms with E-state index < -0.39 is 10.8 Å². The van der Waals surface area contributed by atoms with Gasteiger partial charge >= 0.3 is 0 Å². The molecule has 9 heteroatoms. The normalized spacial score (nSPS) is 11.9. The van der Waals surface area contributed by atoms with E-state index in [0.717, 1.165) is 6.42 Å². The topological polar surface area (TPSA) is 103 Å². The fourth-order valence-electron chi connectivity index (χ4n) is 2.55. The number of benzene rings is 2. The molecule has 1 N–H and O–H groups in total. The van der Waals surface area contributed by atoms with Crippen molar-refractivity contribution in [3.63, 3.8) is 0 Å². The van der Waals surface area contributed by atoms with Gasteiger partial charge in [-0.2, -0.15) is 5.10 Å². The SMILES string of the molecule is CCOc1cc(/C=N/NC(=O)Cc2ccccc2[N+](=O)[O-])cc(Cl)c1O[C@H](C)CC. The minimum Gasteiger partial charge on any atom is -0.490 e. The lowest BCUT2D eigenvalue weighted by molar-refractivity contribution is -0.385. The Morgan fingerprint density at radius 2 is 2.07 bits per heavy atom. The van der Waals surface area contributed by atoms with Crippen LogP contribution in [0.5, 0.6) is 11.5 Å². The van der Waals surface area contributed by atoms with Gasteiger partial charge in [0, 0.05) is 11.6 Å². The summed E-state index contributed by atoms with van der Waals surface area (Å²) in [6.07, 6.45) is 2.04. The van der Waals surface area contributed by atoms with Gasteiger partial charge in [0.1, 0.15) is 0 Å². The van der Waals surface area contributed by atoms with E-state index in [1.165, 1.54) is 18.3 Å². The second kappa shape index (κ2) is 11.2. The highest BCUT2D eigenvalue weighted by Gasteiger charge is 2.16. The predicted octanol–water partition coefficient (Wildman–Crippen LogP) is 4.52. The zero-order valence-corrected chi connectivity index (χ0v) is 17.8. The van der Waals surface area contributed by atoms with E-state index in [0.29, 0.717) is 34.3 Å². The van der Waals surface area contributed by atoms with Gasteiger partial charge in [-0.3, -0.25) is 14.9 Å². The van der Waals surface area contributed by atoms with Gasteiger partial charge in [-0.1, -0.05) is 36.7 Å². The number of nitro benzene ring substituents is 1. The van der Waals surface area contributed by atoms with Gasteiger partial charge in [0.2, 0.25) is 5.91 Å². The maximum Gasteiger partial charge on any atom is 0.273 e. The first-order valence-electron chi connectivity index (χ1n) is 9.52. The summed E-state index contributed by atoms with van der Waals surface area (Å²) in [5.74, 6) is 0.469. The largest absolute Gasteiger partial charge is 0.490 e. The molecular weight excluding hydrogens is 410 g/mol. The molecule has 30 heavy (non-hydrogen) atoms. The molecule has 2 aromatic carbocycles. The molecule has 0 radical (unpaired) electrons. The number of nitro groups is 1. The third-order valence-electron chi connectivity index (χ3n) is 4.17. The highest BCUT2D eigenvalue weighted by Crippen LogP contribution is 2.37. The number of para-hydroxylation sites is 1. The molecule has 0 spiro atoms.